The second-order valence-corrected chi connectivity index (χ2v) is 7.06. The topological polar surface area (TPSA) is 69.6 Å². The number of aldehydes is 1. The van der Waals surface area contributed by atoms with Gasteiger partial charge in [0.05, 0.1) is 17.4 Å². The number of nitrogens with zero attached hydrogens (tertiary/aromatic N) is 1. The summed E-state index contributed by atoms with van der Waals surface area (Å²) in [5.41, 5.74) is 1.84. The molecule has 7 heteroatoms. The molecule has 0 aliphatic carbocycles. The number of hydrogen-bond acceptors (Lipinski definition) is 4. The van der Waals surface area contributed by atoms with Crippen molar-refractivity contribution < 1.29 is 23.5 Å². The van der Waals surface area contributed by atoms with Gasteiger partial charge in [0.25, 0.3) is 5.91 Å². The SMILES string of the molecule is Cn1c(C=O)cc2cc(NC(=O)c3ccc(OC[C@@H]4CCCO4)cc3F)ccc21. The van der Waals surface area contributed by atoms with Gasteiger partial charge >= 0.3 is 0 Å². The molecule has 1 amide bonds. The maximum Gasteiger partial charge on any atom is 0.258 e. The second-order valence-electron chi connectivity index (χ2n) is 7.06. The predicted octanol–water partition coefficient (Wildman–Crippen LogP) is 3.94. The van der Waals surface area contributed by atoms with Crippen molar-refractivity contribution >= 4 is 28.8 Å². The maximum atomic E-state index is 14.4. The van der Waals surface area contributed by atoms with E-state index in [1.54, 1.807) is 41.9 Å². The van der Waals surface area contributed by atoms with E-state index in [0.717, 1.165) is 36.6 Å². The number of ether oxygens (including phenoxy) is 2. The Morgan fingerprint density at radius 1 is 1.31 bits per heavy atom. The molecular formula is C22H21FN2O4. The number of aromatic nitrogens is 1. The van der Waals surface area contributed by atoms with E-state index in [4.69, 9.17) is 9.47 Å². The average molecular weight is 396 g/mol. The zero-order valence-corrected chi connectivity index (χ0v) is 16.0. The molecule has 6 nitrogen and oxygen atoms in total. The molecule has 0 saturated carbocycles. The van der Waals surface area contributed by atoms with Gasteiger partial charge in [-0.25, -0.2) is 4.39 Å². The van der Waals surface area contributed by atoms with Gasteiger partial charge in [-0.3, -0.25) is 9.59 Å². The number of amides is 1. The van der Waals surface area contributed by atoms with E-state index in [2.05, 4.69) is 5.32 Å². The normalized spacial score (nSPS) is 16.1. The van der Waals surface area contributed by atoms with Crippen molar-refractivity contribution in [2.24, 2.45) is 7.05 Å². The number of benzene rings is 2. The molecule has 1 saturated heterocycles. The fraction of sp³-hybridized carbons (Fsp3) is 0.273. The van der Waals surface area contributed by atoms with Crippen molar-refractivity contribution in [1.82, 2.24) is 4.57 Å². The summed E-state index contributed by atoms with van der Waals surface area (Å²) in [7, 11) is 1.79. The van der Waals surface area contributed by atoms with Crippen molar-refractivity contribution in [3.63, 3.8) is 0 Å². The number of fused-ring (bicyclic) bond motifs is 1. The standard InChI is InChI=1S/C22H21FN2O4/c1-25-16(12-26)10-14-9-15(4-7-21(14)25)24-22(27)19-6-5-17(11-20(19)23)29-13-18-3-2-8-28-18/h4-7,9-12,18H,2-3,8,13H2,1H3,(H,24,27)/t18-/m0/s1. The van der Waals surface area contributed by atoms with Crippen LogP contribution in [0.3, 0.4) is 0 Å². The number of hydrogen-bond donors (Lipinski definition) is 1. The lowest BCUT2D eigenvalue weighted by molar-refractivity contribution is 0.0678. The number of halogens is 1. The molecule has 29 heavy (non-hydrogen) atoms. The summed E-state index contributed by atoms with van der Waals surface area (Å²) in [6.07, 6.45) is 2.75. The minimum absolute atomic E-state index is 0.0358. The van der Waals surface area contributed by atoms with Crippen LogP contribution in [0.5, 0.6) is 5.75 Å². The molecule has 0 unspecified atom stereocenters. The van der Waals surface area contributed by atoms with Crippen LogP contribution in [0.2, 0.25) is 0 Å². The Balaban J connectivity index is 1.46. The maximum absolute atomic E-state index is 14.4. The van der Waals surface area contributed by atoms with Crippen LogP contribution in [0, 0.1) is 5.82 Å². The van der Waals surface area contributed by atoms with Gasteiger partial charge in [-0.1, -0.05) is 0 Å². The Hall–Kier alpha value is -3.19. The summed E-state index contributed by atoms with van der Waals surface area (Å²) in [5.74, 6) is -0.850. The molecular weight excluding hydrogens is 375 g/mol. The first-order valence-electron chi connectivity index (χ1n) is 9.45. The van der Waals surface area contributed by atoms with E-state index in [0.29, 0.717) is 23.7 Å². The molecule has 0 radical (unpaired) electrons. The van der Waals surface area contributed by atoms with Gasteiger partial charge < -0.3 is 19.4 Å². The van der Waals surface area contributed by atoms with Crippen molar-refractivity contribution in [2.75, 3.05) is 18.5 Å². The number of carbonyl (C=O) groups excluding carboxylic acids is 2. The van der Waals surface area contributed by atoms with Crippen LogP contribution < -0.4 is 10.1 Å². The lowest BCUT2D eigenvalue weighted by Crippen LogP contribution is -2.17. The first-order chi connectivity index (χ1) is 14.0. The first-order valence-corrected chi connectivity index (χ1v) is 9.45. The summed E-state index contributed by atoms with van der Waals surface area (Å²) in [6.45, 7) is 1.09. The number of carbonyl (C=O) groups is 2. The van der Waals surface area contributed by atoms with E-state index in [1.807, 2.05) is 0 Å². The number of rotatable bonds is 6. The van der Waals surface area contributed by atoms with Crippen molar-refractivity contribution in [3.8, 4) is 5.75 Å². The third-order valence-electron chi connectivity index (χ3n) is 5.10. The Morgan fingerprint density at radius 3 is 2.90 bits per heavy atom. The lowest BCUT2D eigenvalue weighted by Gasteiger charge is -2.12. The quantitative estimate of drug-likeness (QED) is 0.641. The molecule has 4 rings (SSSR count). The highest BCUT2D eigenvalue weighted by molar-refractivity contribution is 6.05. The van der Waals surface area contributed by atoms with E-state index in [1.165, 1.54) is 12.1 Å². The van der Waals surface area contributed by atoms with E-state index in [-0.39, 0.29) is 11.7 Å². The van der Waals surface area contributed by atoms with Gasteiger partial charge in [0, 0.05) is 36.3 Å². The van der Waals surface area contributed by atoms with Crippen LogP contribution in [0.25, 0.3) is 10.9 Å². The molecule has 2 heterocycles. The van der Waals surface area contributed by atoms with Crippen LogP contribution in [-0.2, 0) is 11.8 Å². The minimum Gasteiger partial charge on any atom is -0.491 e. The highest BCUT2D eigenvalue weighted by atomic mass is 19.1. The van der Waals surface area contributed by atoms with E-state index in [9.17, 15) is 14.0 Å². The van der Waals surface area contributed by atoms with Gasteiger partial charge in [-0.15, -0.1) is 0 Å². The Kier molecular flexibility index (Phi) is 5.31. The van der Waals surface area contributed by atoms with Crippen LogP contribution >= 0.6 is 0 Å². The average Bonchev–Trinajstić information content (AvgIpc) is 3.34. The highest BCUT2D eigenvalue weighted by Crippen LogP contribution is 2.24. The molecule has 1 aliphatic rings. The fourth-order valence-electron chi connectivity index (χ4n) is 3.49. The summed E-state index contributed by atoms with van der Waals surface area (Å²) in [5, 5.41) is 3.51. The van der Waals surface area contributed by atoms with Crippen LogP contribution in [0.15, 0.2) is 42.5 Å². The Labute approximate surface area is 167 Å². The molecule has 1 N–H and O–H groups in total. The Morgan fingerprint density at radius 2 is 2.17 bits per heavy atom. The van der Waals surface area contributed by atoms with Crippen molar-refractivity contribution in [1.29, 1.82) is 0 Å². The fourth-order valence-corrected chi connectivity index (χ4v) is 3.49. The highest BCUT2D eigenvalue weighted by Gasteiger charge is 2.17. The van der Waals surface area contributed by atoms with Gasteiger partial charge in [-0.2, -0.15) is 0 Å². The third-order valence-corrected chi connectivity index (χ3v) is 5.10. The molecule has 3 aromatic rings. The van der Waals surface area contributed by atoms with Gasteiger partial charge in [0.15, 0.2) is 6.29 Å². The molecule has 1 aromatic heterocycles. The largest absolute Gasteiger partial charge is 0.491 e. The van der Waals surface area contributed by atoms with Crippen LogP contribution in [0.1, 0.15) is 33.7 Å². The summed E-state index contributed by atoms with van der Waals surface area (Å²) >= 11 is 0. The Bertz CT molecular complexity index is 1070. The second kappa shape index (κ2) is 8.05. The van der Waals surface area contributed by atoms with Crippen LogP contribution in [0.4, 0.5) is 10.1 Å². The lowest BCUT2D eigenvalue weighted by atomic mass is 10.1. The number of anilines is 1. The summed E-state index contributed by atoms with van der Waals surface area (Å²) < 4.78 is 27.3. The number of aryl methyl sites for hydroxylation is 1. The van der Waals surface area contributed by atoms with Crippen molar-refractivity contribution in [3.05, 3.63) is 59.5 Å². The number of nitrogens with one attached hydrogen (secondary N) is 1. The van der Waals surface area contributed by atoms with Crippen molar-refractivity contribution in [2.45, 2.75) is 18.9 Å². The molecule has 0 bridgehead atoms. The first kappa shape index (κ1) is 19.1. The summed E-state index contributed by atoms with van der Waals surface area (Å²) in [4.78, 5) is 23.6. The molecule has 1 atom stereocenters. The predicted molar refractivity (Wildman–Crippen MR) is 107 cm³/mol. The van der Waals surface area contributed by atoms with Gasteiger partial charge in [-0.05, 0) is 49.2 Å². The van der Waals surface area contributed by atoms with E-state index < -0.39 is 11.7 Å². The molecule has 1 aliphatic heterocycles. The summed E-state index contributed by atoms with van der Waals surface area (Å²) in [6, 6.07) is 11.2. The third kappa shape index (κ3) is 4.00. The zero-order valence-electron chi connectivity index (χ0n) is 16.0. The van der Waals surface area contributed by atoms with E-state index >= 15 is 0 Å². The van der Waals surface area contributed by atoms with Crippen LogP contribution in [-0.4, -0.2) is 36.1 Å². The molecule has 150 valence electrons. The smallest absolute Gasteiger partial charge is 0.258 e. The monoisotopic (exact) mass is 396 g/mol. The van der Waals surface area contributed by atoms with Gasteiger partial charge in [0.2, 0.25) is 0 Å². The molecule has 0 spiro atoms. The minimum atomic E-state index is -0.656. The molecule has 1 fully saturated rings. The zero-order chi connectivity index (χ0) is 20.4. The van der Waals surface area contributed by atoms with Gasteiger partial charge in [0.1, 0.15) is 18.2 Å². The molecule has 2 aromatic carbocycles.